The van der Waals surface area contributed by atoms with E-state index >= 15 is 0 Å². The molecule has 17 heavy (non-hydrogen) atoms. The van der Waals surface area contributed by atoms with Gasteiger partial charge in [0.25, 0.3) is 0 Å². The number of nitrogens with one attached hydrogen (secondary N) is 2. The van der Waals surface area contributed by atoms with Gasteiger partial charge in [-0.2, -0.15) is 0 Å². The number of halogens is 1. The smallest absolute Gasteiger partial charge is 0.240 e. The van der Waals surface area contributed by atoms with E-state index < -0.39 is 15.8 Å². The summed E-state index contributed by atoms with van der Waals surface area (Å²) in [5.74, 6) is -0.465. The van der Waals surface area contributed by atoms with Crippen LogP contribution in [0.4, 0.5) is 4.39 Å². The molecule has 2 N–H and O–H groups in total. The quantitative estimate of drug-likeness (QED) is 0.871. The van der Waals surface area contributed by atoms with E-state index in [0.29, 0.717) is 0 Å². The lowest BCUT2D eigenvalue weighted by molar-refractivity contribution is 0.579. The van der Waals surface area contributed by atoms with Crippen LogP contribution in [0.5, 0.6) is 0 Å². The number of H-pyrrole nitrogens is 1. The SMILES string of the molecule is O=S(=O)(NCc1ccc[nH]1)c1ccc(F)cc1. The van der Waals surface area contributed by atoms with Crippen LogP contribution in [0.1, 0.15) is 5.69 Å². The predicted octanol–water partition coefficient (Wildman–Crippen LogP) is 1.63. The van der Waals surface area contributed by atoms with Crippen molar-refractivity contribution in [2.24, 2.45) is 0 Å². The van der Waals surface area contributed by atoms with Gasteiger partial charge in [0.1, 0.15) is 5.82 Å². The van der Waals surface area contributed by atoms with Gasteiger partial charge in [-0.05, 0) is 36.4 Å². The third-order valence-electron chi connectivity index (χ3n) is 2.24. The van der Waals surface area contributed by atoms with Crippen LogP contribution >= 0.6 is 0 Å². The summed E-state index contributed by atoms with van der Waals surface area (Å²) in [6.45, 7) is 0.173. The first-order chi connectivity index (χ1) is 8.08. The highest BCUT2D eigenvalue weighted by atomic mass is 32.2. The summed E-state index contributed by atoms with van der Waals surface area (Å²) >= 11 is 0. The standard InChI is InChI=1S/C11H11FN2O2S/c12-9-3-5-11(6-4-9)17(15,16)14-8-10-2-1-7-13-10/h1-7,13-14H,8H2. The minimum absolute atomic E-state index is 0.0467. The fourth-order valence-corrected chi connectivity index (χ4v) is 2.35. The van der Waals surface area contributed by atoms with E-state index in [4.69, 9.17) is 0 Å². The maximum absolute atomic E-state index is 12.7. The molecule has 0 aliphatic heterocycles. The molecule has 0 saturated carbocycles. The molecule has 0 bridgehead atoms. The van der Waals surface area contributed by atoms with Gasteiger partial charge in [0.05, 0.1) is 11.4 Å². The molecule has 0 radical (unpaired) electrons. The summed E-state index contributed by atoms with van der Waals surface area (Å²) in [5, 5.41) is 0. The molecule has 0 aliphatic carbocycles. The van der Waals surface area contributed by atoms with Gasteiger partial charge >= 0.3 is 0 Å². The van der Waals surface area contributed by atoms with E-state index in [1.54, 1.807) is 18.3 Å². The van der Waals surface area contributed by atoms with Crippen LogP contribution in [-0.2, 0) is 16.6 Å². The van der Waals surface area contributed by atoms with Crippen molar-refractivity contribution in [3.63, 3.8) is 0 Å². The summed E-state index contributed by atoms with van der Waals surface area (Å²) in [7, 11) is -3.59. The Balaban J connectivity index is 2.11. The minimum atomic E-state index is -3.59. The number of aromatic amines is 1. The third-order valence-corrected chi connectivity index (χ3v) is 3.66. The molecule has 2 rings (SSSR count). The summed E-state index contributed by atoms with van der Waals surface area (Å²) in [6, 6.07) is 8.24. The fourth-order valence-electron chi connectivity index (χ4n) is 1.35. The molecule has 4 nitrogen and oxygen atoms in total. The van der Waals surface area contributed by atoms with E-state index in [9.17, 15) is 12.8 Å². The maximum Gasteiger partial charge on any atom is 0.240 e. The van der Waals surface area contributed by atoms with Gasteiger partial charge in [-0.3, -0.25) is 0 Å². The zero-order valence-corrected chi connectivity index (χ0v) is 9.67. The molecular formula is C11H11FN2O2S. The van der Waals surface area contributed by atoms with Crippen LogP contribution in [0.15, 0.2) is 47.5 Å². The molecule has 1 heterocycles. The van der Waals surface area contributed by atoms with Crippen molar-refractivity contribution < 1.29 is 12.8 Å². The van der Waals surface area contributed by atoms with Crippen molar-refractivity contribution in [2.45, 2.75) is 11.4 Å². The van der Waals surface area contributed by atoms with Crippen LogP contribution < -0.4 is 4.72 Å². The molecule has 6 heteroatoms. The molecule has 0 spiro atoms. The molecule has 1 aromatic carbocycles. The first kappa shape index (κ1) is 11.8. The van der Waals surface area contributed by atoms with Crippen molar-refractivity contribution in [1.29, 1.82) is 0 Å². The Morgan fingerprint density at radius 3 is 2.47 bits per heavy atom. The van der Waals surface area contributed by atoms with Gasteiger partial charge in [0, 0.05) is 11.9 Å². The number of hydrogen-bond acceptors (Lipinski definition) is 2. The molecular weight excluding hydrogens is 243 g/mol. The Labute approximate surface area is 98.5 Å². The van der Waals surface area contributed by atoms with Gasteiger partial charge < -0.3 is 4.98 Å². The Kier molecular flexibility index (Phi) is 3.26. The summed E-state index contributed by atoms with van der Waals surface area (Å²) < 4.78 is 38.7. The second kappa shape index (κ2) is 4.68. The summed E-state index contributed by atoms with van der Waals surface area (Å²) in [5.41, 5.74) is 0.760. The molecule has 0 atom stereocenters. The monoisotopic (exact) mass is 254 g/mol. The van der Waals surface area contributed by atoms with E-state index in [0.717, 1.165) is 17.8 Å². The van der Waals surface area contributed by atoms with Crippen molar-refractivity contribution in [1.82, 2.24) is 9.71 Å². The lowest BCUT2D eigenvalue weighted by Gasteiger charge is -2.05. The number of aromatic nitrogens is 1. The highest BCUT2D eigenvalue weighted by Crippen LogP contribution is 2.10. The second-order valence-corrected chi connectivity index (χ2v) is 5.24. The molecule has 0 aliphatic rings. The maximum atomic E-state index is 12.7. The van der Waals surface area contributed by atoms with Crippen molar-refractivity contribution in [3.8, 4) is 0 Å². The Bertz CT molecular complexity index is 576. The Hall–Kier alpha value is -1.66. The van der Waals surface area contributed by atoms with Crippen LogP contribution in [0.25, 0.3) is 0 Å². The first-order valence-corrected chi connectivity index (χ1v) is 6.44. The topological polar surface area (TPSA) is 62.0 Å². The van der Waals surface area contributed by atoms with Gasteiger partial charge in [0.2, 0.25) is 10.0 Å². The highest BCUT2D eigenvalue weighted by molar-refractivity contribution is 7.89. The normalized spacial score (nSPS) is 11.6. The largest absolute Gasteiger partial charge is 0.364 e. The second-order valence-electron chi connectivity index (χ2n) is 3.47. The minimum Gasteiger partial charge on any atom is -0.364 e. The van der Waals surface area contributed by atoms with Gasteiger partial charge in [-0.25, -0.2) is 17.5 Å². The van der Waals surface area contributed by atoms with Crippen molar-refractivity contribution in [3.05, 3.63) is 54.1 Å². The van der Waals surface area contributed by atoms with Gasteiger partial charge in [0.15, 0.2) is 0 Å². The van der Waals surface area contributed by atoms with E-state index in [1.807, 2.05) is 0 Å². The molecule has 0 fully saturated rings. The summed E-state index contributed by atoms with van der Waals surface area (Å²) in [4.78, 5) is 2.93. The highest BCUT2D eigenvalue weighted by Gasteiger charge is 2.13. The number of sulfonamides is 1. The molecule has 0 saturated heterocycles. The van der Waals surface area contributed by atoms with E-state index in [1.165, 1.54) is 12.1 Å². The van der Waals surface area contributed by atoms with Gasteiger partial charge in [-0.15, -0.1) is 0 Å². The lowest BCUT2D eigenvalue weighted by Crippen LogP contribution is -2.23. The average Bonchev–Trinajstić information content (AvgIpc) is 2.80. The molecule has 90 valence electrons. The Morgan fingerprint density at radius 2 is 1.88 bits per heavy atom. The number of benzene rings is 1. The Morgan fingerprint density at radius 1 is 1.18 bits per heavy atom. The summed E-state index contributed by atoms with van der Waals surface area (Å²) in [6.07, 6.45) is 1.71. The average molecular weight is 254 g/mol. The number of hydrogen-bond donors (Lipinski definition) is 2. The van der Waals surface area contributed by atoms with E-state index in [2.05, 4.69) is 9.71 Å². The number of rotatable bonds is 4. The first-order valence-electron chi connectivity index (χ1n) is 4.95. The molecule has 1 aromatic heterocycles. The van der Waals surface area contributed by atoms with Crippen LogP contribution in [0.3, 0.4) is 0 Å². The van der Waals surface area contributed by atoms with Crippen LogP contribution in [0.2, 0.25) is 0 Å². The molecule has 2 aromatic rings. The zero-order valence-electron chi connectivity index (χ0n) is 8.85. The fraction of sp³-hybridized carbons (Fsp3) is 0.0909. The van der Waals surface area contributed by atoms with Gasteiger partial charge in [-0.1, -0.05) is 0 Å². The molecule has 0 unspecified atom stereocenters. The van der Waals surface area contributed by atoms with Crippen LogP contribution in [-0.4, -0.2) is 13.4 Å². The third kappa shape index (κ3) is 2.92. The molecule has 0 amide bonds. The van der Waals surface area contributed by atoms with Crippen molar-refractivity contribution >= 4 is 10.0 Å². The van der Waals surface area contributed by atoms with Crippen LogP contribution in [0, 0.1) is 5.82 Å². The van der Waals surface area contributed by atoms with E-state index in [-0.39, 0.29) is 11.4 Å². The lowest BCUT2D eigenvalue weighted by atomic mass is 10.4. The van der Waals surface area contributed by atoms with Crippen molar-refractivity contribution in [2.75, 3.05) is 0 Å². The predicted molar refractivity (Wildman–Crippen MR) is 61.2 cm³/mol. The zero-order chi connectivity index (χ0) is 12.3.